The van der Waals surface area contributed by atoms with E-state index in [1.54, 1.807) is 30.3 Å². The maximum Gasteiger partial charge on any atom is 0.257 e. The first kappa shape index (κ1) is 25.9. The molecule has 38 heavy (non-hydrogen) atoms. The summed E-state index contributed by atoms with van der Waals surface area (Å²) in [6.07, 6.45) is 2.05. The lowest BCUT2D eigenvalue weighted by molar-refractivity contribution is -0.148. The van der Waals surface area contributed by atoms with E-state index in [1.165, 1.54) is 7.11 Å². The quantitative estimate of drug-likeness (QED) is 0.604. The van der Waals surface area contributed by atoms with Crippen molar-refractivity contribution in [2.75, 3.05) is 53.6 Å². The molecule has 2 aromatic rings. The van der Waals surface area contributed by atoms with Gasteiger partial charge in [0.25, 0.3) is 5.91 Å². The first-order valence-corrected chi connectivity index (χ1v) is 12.8. The molecule has 202 valence electrons. The molecule has 5 rings (SSSR count). The fourth-order valence-corrected chi connectivity index (χ4v) is 5.48. The summed E-state index contributed by atoms with van der Waals surface area (Å²) in [5, 5.41) is 3.09. The van der Waals surface area contributed by atoms with Crippen molar-refractivity contribution in [3.05, 3.63) is 53.7 Å². The number of fused-ring (bicyclic) bond motifs is 4. The highest BCUT2D eigenvalue weighted by Crippen LogP contribution is 2.27. The molecule has 2 fully saturated rings. The van der Waals surface area contributed by atoms with Crippen molar-refractivity contribution >= 4 is 17.7 Å². The van der Waals surface area contributed by atoms with E-state index in [2.05, 4.69) is 15.2 Å². The average Bonchev–Trinajstić information content (AvgIpc) is 3.32. The topological polar surface area (TPSA) is 114 Å². The van der Waals surface area contributed by atoms with Crippen LogP contribution in [0.25, 0.3) is 0 Å². The molecular weight excluding hydrogens is 490 g/mol. The predicted octanol–water partition coefficient (Wildman–Crippen LogP) is 0.541. The van der Waals surface area contributed by atoms with Crippen molar-refractivity contribution < 1.29 is 28.6 Å². The van der Waals surface area contributed by atoms with Gasteiger partial charge in [-0.05, 0) is 36.2 Å². The normalized spacial score (nSPS) is 23.9. The van der Waals surface area contributed by atoms with E-state index < -0.39 is 12.1 Å². The van der Waals surface area contributed by atoms with Crippen LogP contribution in [0.4, 0.5) is 0 Å². The maximum absolute atomic E-state index is 14.1. The highest BCUT2D eigenvalue weighted by Gasteiger charge is 2.43. The molecule has 1 aromatic carbocycles. The van der Waals surface area contributed by atoms with Gasteiger partial charge in [0, 0.05) is 52.1 Å². The molecule has 4 heterocycles. The molecule has 0 aliphatic carbocycles. The molecule has 2 bridgehead atoms. The number of piperazine rings is 1. The molecule has 0 unspecified atom stereocenters. The molecule has 11 heteroatoms. The zero-order valence-corrected chi connectivity index (χ0v) is 21.7. The molecule has 3 amide bonds. The van der Waals surface area contributed by atoms with Gasteiger partial charge in [0.05, 0.1) is 19.2 Å². The van der Waals surface area contributed by atoms with Gasteiger partial charge in [-0.2, -0.15) is 0 Å². The maximum atomic E-state index is 14.1. The summed E-state index contributed by atoms with van der Waals surface area (Å²) >= 11 is 0. The van der Waals surface area contributed by atoms with Crippen molar-refractivity contribution in [3.63, 3.8) is 0 Å². The average molecular weight is 524 g/mol. The minimum absolute atomic E-state index is 0.0231. The second-order valence-electron chi connectivity index (χ2n) is 9.83. The third kappa shape index (κ3) is 5.44. The Morgan fingerprint density at radius 3 is 2.84 bits per heavy atom. The van der Waals surface area contributed by atoms with Crippen LogP contribution in [-0.4, -0.2) is 109 Å². The molecule has 3 atom stereocenters. The van der Waals surface area contributed by atoms with Gasteiger partial charge in [0.15, 0.2) is 0 Å². The van der Waals surface area contributed by atoms with Crippen LogP contribution in [0.15, 0.2) is 42.6 Å². The van der Waals surface area contributed by atoms with E-state index in [1.807, 2.05) is 29.2 Å². The zero-order chi connectivity index (χ0) is 26.6. The number of carbonyl (C=O) groups is 3. The van der Waals surface area contributed by atoms with Crippen LogP contribution < -0.4 is 14.8 Å². The summed E-state index contributed by atoms with van der Waals surface area (Å²) in [6.45, 7) is 2.25. The molecule has 1 aromatic heterocycles. The number of pyridine rings is 1. The number of benzene rings is 1. The van der Waals surface area contributed by atoms with E-state index in [4.69, 9.17) is 14.2 Å². The highest BCUT2D eigenvalue weighted by molar-refractivity contribution is 5.96. The number of ether oxygens (including phenoxy) is 3. The Bertz CT molecular complexity index is 1190. The second-order valence-corrected chi connectivity index (χ2v) is 9.83. The van der Waals surface area contributed by atoms with Crippen LogP contribution in [0.3, 0.4) is 0 Å². The Labute approximate surface area is 221 Å². The van der Waals surface area contributed by atoms with Crippen molar-refractivity contribution in [2.45, 2.75) is 31.1 Å². The number of likely N-dealkylation sites (tertiary alicyclic amines) is 1. The predicted molar refractivity (Wildman–Crippen MR) is 137 cm³/mol. The number of aromatic nitrogens is 1. The van der Waals surface area contributed by atoms with Crippen molar-refractivity contribution in [1.29, 1.82) is 0 Å². The summed E-state index contributed by atoms with van der Waals surface area (Å²) in [7, 11) is 3.11. The Balaban J connectivity index is 1.46. The zero-order valence-electron chi connectivity index (χ0n) is 21.7. The number of methoxy groups -OCH3 is 2. The fraction of sp³-hybridized carbons (Fsp3) is 0.481. The SMILES string of the molecule is COCC(=O)N1CCN2C(=O)[C@@H]3C[C@@H](CN3Cc3cccc(OC)c3)NC(=O)c3cccnc3OC[C@@H]2C1. The Morgan fingerprint density at radius 1 is 1.16 bits per heavy atom. The largest absolute Gasteiger partial charge is 0.497 e. The Hall–Kier alpha value is -3.70. The van der Waals surface area contributed by atoms with Crippen LogP contribution in [0.2, 0.25) is 0 Å². The molecule has 0 saturated carbocycles. The monoisotopic (exact) mass is 523 g/mol. The Morgan fingerprint density at radius 2 is 2.03 bits per heavy atom. The lowest BCUT2D eigenvalue weighted by atomic mass is 10.1. The minimum Gasteiger partial charge on any atom is -0.497 e. The lowest BCUT2D eigenvalue weighted by Gasteiger charge is -2.43. The van der Waals surface area contributed by atoms with Gasteiger partial charge < -0.3 is 29.3 Å². The van der Waals surface area contributed by atoms with Gasteiger partial charge in [0.1, 0.15) is 24.5 Å². The first-order chi connectivity index (χ1) is 18.5. The van der Waals surface area contributed by atoms with Gasteiger partial charge >= 0.3 is 0 Å². The number of hydrogen-bond acceptors (Lipinski definition) is 8. The number of nitrogens with zero attached hydrogens (tertiary/aromatic N) is 4. The molecule has 3 aliphatic rings. The number of amides is 3. The van der Waals surface area contributed by atoms with E-state index in [0.29, 0.717) is 44.7 Å². The van der Waals surface area contributed by atoms with Gasteiger partial charge in [-0.25, -0.2) is 4.98 Å². The molecule has 3 aliphatic heterocycles. The molecule has 2 saturated heterocycles. The summed E-state index contributed by atoms with van der Waals surface area (Å²) in [5.74, 6) is 0.508. The smallest absolute Gasteiger partial charge is 0.257 e. The number of hydrogen-bond donors (Lipinski definition) is 1. The second kappa shape index (κ2) is 11.4. The standard InChI is InChI=1S/C27H33N5O6/c1-36-17-24(33)30-9-10-32-20(15-30)16-38-26-22(7-4-8-28-26)25(34)29-19-12-23(27(32)35)31(14-19)13-18-5-3-6-21(11-18)37-2/h3-8,11,19-20,23H,9-10,12-17H2,1-2H3,(H,29,34)/t19-,20-,23-/m0/s1. The lowest BCUT2D eigenvalue weighted by Crippen LogP contribution is -2.61. The van der Waals surface area contributed by atoms with Crippen molar-refractivity contribution in [3.8, 4) is 11.6 Å². The van der Waals surface area contributed by atoms with E-state index in [-0.39, 0.29) is 42.9 Å². The molecular formula is C27H33N5O6. The van der Waals surface area contributed by atoms with E-state index in [0.717, 1.165) is 11.3 Å². The van der Waals surface area contributed by atoms with Crippen LogP contribution in [-0.2, 0) is 20.9 Å². The van der Waals surface area contributed by atoms with Crippen molar-refractivity contribution in [1.82, 2.24) is 25.0 Å². The summed E-state index contributed by atoms with van der Waals surface area (Å²) in [6, 6.07) is 10.1. The van der Waals surface area contributed by atoms with Crippen LogP contribution >= 0.6 is 0 Å². The summed E-state index contributed by atoms with van der Waals surface area (Å²) < 4.78 is 16.4. The number of rotatable bonds is 5. The minimum atomic E-state index is -0.428. The van der Waals surface area contributed by atoms with Gasteiger partial charge in [0.2, 0.25) is 17.7 Å². The summed E-state index contributed by atoms with van der Waals surface area (Å²) in [5.41, 5.74) is 1.36. The van der Waals surface area contributed by atoms with Crippen LogP contribution in [0.1, 0.15) is 22.3 Å². The van der Waals surface area contributed by atoms with Gasteiger partial charge in [-0.3, -0.25) is 19.3 Å². The number of nitrogens with one attached hydrogen (secondary N) is 1. The molecule has 0 radical (unpaired) electrons. The van der Waals surface area contributed by atoms with Crippen LogP contribution in [0.5, 0.6) is 11.6 Å². The Kier molecular flexibility index (Phi) is 7.75. The van der Waals surface area contributed by atoms with Gasteiger partial charge in [-0.1, -0.05) is 12.1 Å². The third-order valence-corrected chi connectivity index (χ3v) is 7.36. The third-order valence-electron chi connectivity index (χ3n) is 7.36. The van der Waals surface area contributed by atoms with E-state index >= 15 is 0 Å². The molecule has 11 nitrogen and oxygen atoms in total. The number of carbonyl (C=O) groups excluding carboxylic acids is 3. The van der Waals surface area contributed by atoms with Gasteiger partial charge in [-0.15, -0.1) is 0 Å². The van der Waals surface area contributed by atoms with Crippen molar-refractivity contribution in [2.24, 2.45) is 0 Å². The molecule has 1 N–H and O–H groups in total. The summed E-state index contributed by atoms with van der Waals surface area (Å²) in [4.78, 5) is 49.8. The van der Waals surface area contributed by atoms with Crippen LogP contribution in [0, 0.1) is 0 Å². The highest BCUT2D eigenvalue weighted by atomic mass is 16.5. The molecule has 0 spiro atoms. The fourth-order valence-electron chi connectivity index (χ4n) is 5.48. The first-order valence-electron chi connectivity index (χ1n) is 12.8. The van der Waals surface area contributed by atoms with E-state index in [9.17, 15) is 14.4 Å².